The van der Waals surface area contributed by atoms with E-state index in [4.69, 9.17) is 0 Å². The van der Waals surface area contributed by atoms with Gasteiger partial charge in [0.05, 0.1) is 10.8 Å². The van der Waals surface area contributed by atoms with Gasteiger partial charge < -0.3 is 4.90 Å². The number of nitrogens with zero attached hydrogens (tertiary/aromatic N) is 1. The molecule has 18 heavy (non-hydrogen) atoms. The van der Waals surface area contributed by atoms with Crippen molar-refractivity contribution in [3.05, 3.63) is 30.1 Å². The van der Waals surface area contributed by atoms with E-state index in [1.54, 1.807) is 17.9 Å². The van der Waals surface area contributed by atoms with Crippen LogP contribution < -0.4 is 0 Å². The van der Waals surface area contributed by atoms with E-state index in [9.17, 15) is 13.4 Å². The van der Waals surface area contributed by atoms with E-state index < -0.39 is 21.9 Å². The lowest BCUT2D eigenvalue weighted by molar-refractivity contribution is -0.129. The minimum Gasteiger partial charge on any atom is -0.342 e. The normalized spacial score (nSPS) is 18.7. The topological polar surface area (TPSA) is 37.4 Å². The van der Waals surface area contributed by atoms with Gasteiger partial charge in [-0.05, 0) is 38.0 Å². The zero-order valence-electron chi connectivity index (χ0n) is 10.3. The molecule has 1 aliphatic heterocycles. The van der Waals surface area contributed by atoms with E-state index >= 15 is 0 Å². The van der Waals surface area contributed by atoms with E-state index in [0.717, 1.165) is 25.9 Å². The molecule has 98 valence electrons. The maximum Gasteiger partial charge on any atom is 0.238 e. The number of benzene rings is 1. The van der Waals surface area contributed by atoms with Crippen molar-refractivity contribution in [1.82, 2.24) is 4.90 Å². The van der Waals surface area contributed by atoms with Crippen molar-refractivity contribution in [3.8, 4) is 0 Å². The molecule has 1 amide bonds. The molecule has 1 aromatic carbocycles. The third-order valence-corrected chi connectivity index (χ3v) is 4.68. The molecule has 0 aliphatic carbocycles. The monoisotopic (exact) mass is 269 g/mol. The highest BCUT2D eigenvalue weighted by Gasteiger charge is 2.28. The first kappa shape index (κ1) is 13.2. The standard InChI is InChI=1S/C13H16FNO2S/c1-10(13(16)15-7-2-3-8-15)18(17)12-6-4-5-11(14)9-12/h4-6,9-10H,2-3,7-8H2,1H3. The number of carbonyl (C=O) groups excluding carboxylic acids is 1. The predicted octanol–water partition coefficient (Wildman–Crippen LogP) is 1.94. The van der Waals surface area contributed by atoms with Crippen LogP contribution in [0.25, 0.3) is 0 Å². The van der Waals surface area contributed by atoms with Crippen LogP contribution in [-0.4, -0.2) is 33.4 Å². The minimum atomic E-state index is -1.50. The summed E-state index contributed by atoms with van der Waals surface area (Å²) in [5, 5.41) is -0.620. The van der Waals surface area contributed by atoms with Crippen molar-refractivity contribution < 1.29 is 13.4 Å². The van der Waals surface area contributed by atoms with Gasteiger partial charge in [0.1, 0.15) is 11.1 Å². The summed E-state index contributed by atoms with van der Waals surface area (Å²) in [6, 6.07) is 5.63. The molecule has 2 rings (SSSR count). The van der Waals surface area contributed by atoms with E-state index in [1.165, 1.54) is 18.2 Å². The summed E-state index contributed by atoms with van der Waals surface area (Å²) in [5.41, 5.74) is 0. The molecule has 5 heteroatoms. The van der Waals surface area contributed by atoms with Gasteiger partial charge in [-0.3, -0.25) is 9.00 Å². The smallest absolute Gasteiger partial charge is 0.238 e. The molecule has 0 bridgehead atoms. The summed E-state index contributed by atoms with van der Waals surface area (Å²) in [4.78, 5) is 14.2. The van der Waals surface area contributed by atoms with Gasteiger partial charge in [0.25, 0.3) is 0 Å². The van der Waals surface area contributed by atoms with E-state index in [0.29, 0.717) is 4.90 Å². The van der Waals surface area contributed by atoms with Crippen molar-refractivity contribution in [3.63, 3.8) is 0 Å². The maximum absolute atomic E-state index is 13.1. The molecule has 1 heterocycles. The second-order valence-electron chi connectivity index (χ2n) is 4.43. The summed E-state index contributed by atoms with van der Waals surface area (Å²) < 4.78 is 25.3. The first-order valence-corrected chi connectivity index (χ1v) is 7.26. The number of amides is 1. The summed E-state index contributed by atoms with van der Waals surface area (Å²) in [7, 11) is -1.50. The lowest BCUT2D eigenvalue weighted by atomic mass is 10.3. The first-order chi connectivity index (χ1) is 8.59. The van der Waals surface area contributed by atoms with Gasteiger partial charge >= 0.3 is 0 Å². The van der Waals surface area contributed by atoms with Crippen LogP contribution in [0.4, 0.5) is 4.39 Å². The van der Waals surface area contributed by atoms with Gasteiger partial charge in [0.15, 0.2) is 0 Å². The lowest BCUT2D eigenvalue weighted by Gasteiger charge is -2.19. The van der Waals surface area contributed by atoms with Gasteiger partial charge in [-0.2, -0.15) is 0 Å². The zero-order valence-corrected chi connectivity index (χ0v) is 11.1. The van der Waals surface area contributed by atoms with E-state index in [-0.39, 0.29) is 5.91 Å². The van der Waals surface area contributed by atoms with Crippen LogP contribution in [0.2, 0.25) is 0 Å². The predicted molar refractivity (Wildman–Crippen MR) is 68.1 cm³/mol. The fourth-order valence-corrected chi connectivity index (χ4v) is 3.26. The highest BCUT2D eigenvalue weighted by atomic mass is 32.2. The molecular weight excluding hydrogens is 253 g/mol. The van der Waals surface area contributed by atoms with Gasteiger partial charge in [0.2, 0.25) is 5.91 Å². The number of rotatable bonds is 3. The van der Waals surface area contributed by atoms with Gasteiger partial charge in [0, 0.05) is 18.0 Å². The Labute approximate surface area is 108 Å². The first-order valence-electron chi connectivity index (χ1n) is 6.04. The van der Waals surface area contributed by atoms with Crippen LogP contribution in [0, 0.1) is 5.82 Å². The molecule has 3 nitrogen and oxygen atoms in total. The third kappa shape index (κ3) is 2.77. The summed E-state index contributed by atoms with van der Waals surface area (Å²) in [6.45, 7) is 3.12. The number of hydrogen-bond acceptors (Lipinski definition) is 2. The van der Waals surface area contributed by atoms with Crippen LogP contribution in [-0.2, 0) is 15.6 Å². The highest BCUT2D eigenvalue weighted by Crippen LogP contribution is 2.17. The Morgan fingerprint density at radius 2 is 2.06 bits per heavy atom. The lowest BCUT2D eigenvalue weighted by Crippen LogP contribution is -2.37. The van der Waals surface area contributed by atoms with Crippen LogP contribution in [0.15, 0.2) is 29.2 Å². The zero-order chi connectivity index (χ0) is 13.1. The Bertz CT molecular complexity index is 472. The average molecular weight is 269 g/mol. The van der Waals surface area contributed by atoms with Crippen LogP contribution in [0.1, 0.15) is 19.8 Å². The molecule has 2 unspecified atom stereocenters. The maximum atomic E-state index is 13.1. The summed E-state index contributed by atoms with van der Waals surface area (Å²) in [6.07, 6.45) is 2.01. The van der Waals surface area contributed by atoms with Crippen molar-refractivity contribution in [2.24, 2.45) is 0 Å². The second-order valence-corrected chi connectivity index (χ2v) is 6.20. The Hall–Kier alpha value is -1.23. The molecule has 1 aromatic rings. The Kier molecular flexibility index (Phi) is 4.11. The highest BCUT2D eigenvalue weighted by molar-refractivity contribution is 7.86. The minimum absolute atomic E-state index is 0.102. The van der Waals surface area contributed by atoms with E-state index in [2.05, 4.69) is 0 Å². The van der Waals surface area contributed by atoms with Crippen molar-refractivity contribution in [2.45, 2.75) is 29.9 Å². The number of hydrogen-bond donors (Lipinski definition) is 0. The Morgan fingerprint density at radius 1 is 1.39 bits per heavy atom. The van der Waals surface area contributed by atoms with Gasteiger partial charge in [-0.1, -0.05) is 6.07 Å². The SMILES string of the molecule is CC(C(=O)N1CCCC1)S(=O)c1cccc(F)c1. The average Bonchev–Trinajstić information content (AvgIpc) is 2.90. The van der Waals surface area contributed by atoms with Crippen LogP contribution in [0.3, 0.4) is 0 Å². The molecule has 0 radical (unpaired) electrons. The van der Waals surface area contributed by atoms with Crippen molar-refractivity contribution >= 4 is 16.7 Å². The fourth-order valence-electron chi connectivity index (χ4n) is 2.08. The van der Waals surface area contributed by atoms with Gasteiger partial charge in [-0.15, -0.1) is 0 Å². The molecule has 0 spiro atoms. The molecule has 0 N–H and O–H groups in total. The summed E-state index contributed by atoms with van der Waals surface area (Å²) in [5.74, 6) is -0.531. The Morgan fingerprint density at radius 3 is 2.67 bits per heavy atom. The molecule has 1 saturated heterocycles. The molecule has 2 atom stereocenters. The molecule has 1 aliphatic rings. The van der Waals surface area contributed by atoms with E-state index in [1.807, 2.05) is 0 Å². The van der Waals surface area contributed by atoms with Gasteiger partial charge in [-0.25, -0.2) is 4.39 Å². The van der Waals surface area contributed by atoms with Crippen molar-refractivity contribution in [1.29, 1.82) is 0 Å². The summed E-state index contributed by atoms with van der Waals surface area (Å²) >= 11 is 0. The van der Waals surface area contributed by atoms with Crippen molar-refractivity contribution in [2.75, 3.05) is 13.1 Å². The number of carbonyl (C=O) groups is 1. The quantitative estimate of drug-likeness (QED) is 0.841. The third-order valence-electron chi connectivity index (χ3n) is 3.12. The second kappa shape index (κ2) is 5.61. The molecule has 0 aromatic heterocycles. The fraction of sp³-hybridized carbons (Fsp3) is 0.462. The van der Waals surface area contributed by atoms with Crippen LogP contribution in [0.5, 0.6) is 0 Å². The molecular formula is C13H16FNO2S. The molecule has 0 saturated carbocycles. The number of likely N-dealkylation sites (tertiary alicyclic amines) is 1. The Balaban J connectivity index is 2.10. The molecule has 1 fully saturated rings. The van der Waals surface area contributed by atoms with Crippen LogP contribution >= 0.6 is 0 Å². The number of halogens is 1. The largest absolute Gasteiger partial charge is 0.342 e.